The molecule has 0 N–H and O–H groups in total. The van der Waals surface area contributed by atoms with E-state index in [1.54, 1.807) is 6.08 Å². The summed E-state index contributed by atoms with van der Waals surface area (Å²) >= 11 is 0. The highest BCUT2D eigenvalue weighted by molar-refractivity contribution is 7.77. The molecule has 0 aliphatic heterocycles. The lowest BCUT2D eigenvalue weighted by Gasteiger charge is -2.03. The maximum atomic E-state index is 10.2. The van der Waals surface area contributed by atoms with Crippen LogP contribution < -0.4 is 0 Å². The van der Waals surface area contributed by atoms with Crippen LogP contribution in [0.1, 0.15) is 0 Å². The van der Waals surface area contributed by atoms with E-state index in [0.29, 0.717) is 5.57 Å². The predicted molar refractivity (Wildman–Crippen MR) is 40.5 cm³/mol. The standard InChI is InChI=1S/C6H9O2S/c1-4-6(2)5-8-9(3)7/h4H,1-3,5H2/q-1. The largest absolute Gasteiger partial charge is 0.448 e. The SMILES string of the molecule is C=CC(=C)CO[S-](=C)=O. The minimum Gasteiger partial charge on any atom is -0.448 e. The lowest BCUT2D eigenvalue weighted by molar-refractivity contribution is 0.389. The number of rotatable bonds is 4. The molecule has 0 aromatic carbocycles. The summed E-state index contributed by atoms with van der Waals surface area (Å²) in [4.78, 5) is 0. The minimum absolute atomic E-state index is 0.236. The molecule has 0 aliphatic carbocycles. The van der Waals surface area contributed by atoms with Gasteiger partial charge in [-0.1, -0.05) is 19.2 Å². The summed E-state index contributed by atoms with van der Waals surface area (Å²) in [6.45, 7) is 7.22. The zero-order valence-corrected chi connectivity index (χ0v) is 5.95. The molecule has 0 rings (SSSR count). The molecule has 0 radical (unpaired) electrons. The fourth-order valence-electron chi connectivity index (χ4n) is 0.200. The van der Waals surface area contributed by atoms with Gasteiger partial charge in [-0.15, -0.1) is 0 Å². The summed E-state index contributed by atoms with van der Waals surface area (Å²) in [5, 5.41) is 0. The molecule has 0 unspecified atom stereocenters. The normalized spacial score (nSPS) is 9.44. The van der Waals surface area contributed by atoms with Gasteiger partial charge in [0, 0.05) is 6.61 Å². The highest BCUT2D eigenvalue weighted by atomic mass is 32.2. The highest BCUT2D eigenvalue weighted by Crippen LogP contribution is 1.90. The molecule has 0 spiro atoms. The van der Waals surface area contributed by atoms with Crippen LogP contribution in [-0.4, -0.2) is 12.5 Å². The van der Waals surface area contributed by atoms with Gasteiger partial charge in [-0.25, -0.2) is 0 Å². The lowest BCUT2D eigenvalue weighted by Crippen LogP contribution is -1.91. The van der Waals surface area contributed by atoms with E-state index in [2.05, 4.69) is 23.2 Å². The predicted octanol–water partition coefficient (Wildman–Crippen LogP) is 1.06. The van der Waals surface area contributed by atoms with Gasteiger partial charge in [0.05, 0.1) is 0 Å². The first-order valence-electron chi connectivity index (χ1n) is 2.31. The summed E-state index contributed by atoms with van der Waals surface area (Å²) in [5.74, 6) is 3.12. The Morgan fingerprint density at radius 2 is 2.33 bits per heavy atom. The Labute approximate surface area is 57.1 Å². The second kappa shape index (κ2) is 4.35. The molecule has 0 saturated carbocycles. The summed E-state index contributed by atoms with van der Waals surface area (Å²) in [6, 6.07) is 0. The smallest absolute Gasteiger partial charge is 0.0498 e. The Morgan fingerprint density at radius 1 is 1.78 bits per heavy atom. The van der Waals surface area contributed by atoms with Gasteiger partial charge in [0.1, 0.15) is 0 Å². The van der Waals surface area contributed by atoms with Gasteiger partial charge in [0.25, 0.3) is 0 Å². The molecule has 2 nitrogen and oxygen atoms in total. The maximum Gasteiger partial charge on any atom is 0.0498 e. The molecular weight excluding hydrogens is 136 g/mol. The molecule has 0 aliphatic rings. The van der Waals surface area contributed by atoms with Crippen LogP contribution in [0.15, 0.2) is 24.8 Å². The van der Waals surface area contributed by atoms with Crippen molar-refractivity contribution in [1.29, 1.82) is 0 Å². The van der Waals surface area contributed by atoms with Crippen LogP contribution in [0.4, 0.5) is 0 Å². The fraction of sp³-hybridized carbons (Fsp3) is 0.167. The average molecular weight is 145 g/mol. The monoisotopic (exact) mass is 145 g/mol. The Kier molecular flexibility index (Phi) is 4.09. The van der Waals surface area contributed by atoms with Gasteiger partial charge in [-0.2, -0.15) is 16.5 Å². The second-order valence-electron chi connectivity index (χ2n) is 1.43. The van der Waals surface area contributed by atoms with Crippen LogP contribution >= 0.6 is 0 Å². The van der Waals surface area contributed by atoms with Crippen LogP contribution in [0.2, 0.25) is 0 Å². The van der Waals surface area contributed by atoms with Crippen LogP contribution in [0.5, 0.6) is 0 Å². The first kappa shape index (κ1) is 8.46. The summed E-state index contributed by atoms with van der Waals surface area (Å²) in [5.41, 5.74) is 0.701. The second-order valence-corrected chi connectivity index (χ2v) is 2.27. The van der Waals surface area contributed by atoms with Crippen molar-refractivity contribution in [2.75, 3.05) is 6.61 Å². The molecule has 52 valence electrons. The molecule has 0 fully saturated rings. The van der Waals surface area contributed by atoms with Crippen molar-refractivity contribution in [1.82, 2.24) is 0 Å². The summed E-state index contributed by atoms with van der Waals surface area (Å²) in [7, 11) is -1.45. The van der Waals surface area contributed by atoms with Crippen molar-refractivity contribution in [3.8, 4) is 0 Å². The molecule has 9 heavy (non-hydrogen) atoms. The van der Waals surface area contributed by atoms with Crippen molar-refractivity contribution < 1.29 is 8.39 Å². The van der Waals surface area contributed by atoms with E-state index in [-0.39, 0.29) is 6.61 Å². The van der Waals surface area contributed by atoms with Gasteiger partial charge in [-0.3, -0.25) is 0 Å². The van der Waals surface area contributed by atoms with E-state index in [1.165, 1.54) is 0 Å². The van der Waals surface area contributed by atoms with Crippen molar-refractivity contribution in [3.05, 3.63) is 24.8 Å². The Balaban J connectivity index is 3.51. The third-order valence-corrected chi connectivity index (χ3v) is 1.05. The first-order chi connectivity index (χ1) is 4.16. The maximum absolute atomic E-state index is 10.2. The van der Waals surface area contributed by atoms with E-state index in [0.717, 1.165) is 0 Å². The van der Waals surface area contributed by atoms with Crippen molar-refractivity contribution in [2.45, 2.75) is 0 Å². The van der Waals surface area contributed by atoms with E-state index in [9.17, 15) is 4.21 Å². The molecule has 0 bridgehead atoms. The molecule has 0 heterocycles. The molecule has 0 saturated heterocycles. The van der Waals surface area contributed by atoms with Crippen molar-refractivity contribution >= 4 is 16.5 Å². The molecule has 0 amide bonds. The first-order valence-corrected chi connectivity index (χ1v) is 3.56. The van der Waals surface area contributed by atoms with Gasteiger partial charge in [-0.05, 0) is 5.57 Å². The quantitative estimate of drug-likeness (QED) is 0.336. The van der Waals surface area contributed by atoms with Crippen LogP contribution in [0, 0.1) is 0 Å². The van der Waals surface area contributed by atoms with Gasteiger partial charge >= 0.3 is 0 Å². The highest BCUT2D eigenvalue weighted by Gasteiger charge is 1.79. The van der Waals surface area contributed by atoms with Crippen LogP contribution in [0.3, 0.4) is 0 Å². The van der Waals surface area contributed by atoms with E-state index >= 15 is 0 Å². The third-order valence-electron chi connectivity index (χ3n) is 0.664. The van der Waals surface area contributed by atoms with Gasteiger partial charge in [0.15, 0.2) is 0 Å². The van der Waals surface area contributed by atoms with Crippen molar-refractivity contribution in [3.63, 3.8) is 0 Å². The molecular formula is C6H9O2S-. The van der Waals surface area contributed by atoms with Crippen molar-refractivity contribution in [2.24, 2.45) is 0 Å². The number of hydrogen-bond donors (Lipinski definition) is 0. The average Bonchev–Trinajstić information content (AvgIpc) is 1.83. The topological polar surface area (TPSA) is 26.3 Å². The molecule has 0 aromatic heterocycles. The van der Waals surface area contributed by atoms with Crippen LogP contribution in [-0.2, 0) is 19.1 Å². The molecule has 0 aromatic rings. The third kappa shape index (κ3) is 5.33. The lowest BCUT2D eigenvalue weighted by atomic mass is 10.3. The van der Waals surface area contributed by atoms with Gasteiger partial charge in [0.2, 0.25) is 0 Å². The Hall–Kier alpha value is -0.540. The van der Waals surface area contributed by atoms with E-state index in [1.807, 2.05) is 0 Å². The summed E-state index contributed by atoms with van der Waals surface area (Å²) in [6.07, 6.45) is 1.55. The zero-order valence-electron chi connectivity index (χ0n) is 5.13. The van der Waals surface area contributed by atoms with Crippen LogP contribution in [0.25, 0.3) is 0 Å². The minimum atomic E-state index is -1.45. The zero-order chi connectivity index (χ0) is 7.28. The molecule has 0 atom stereocenters. The number of hydrogen-bond acceptors (Lipinski definition) is 3. The fourth-order valence-corrected chi connectivity index (χ4v) is 0.483. The molecule has 3 heteroatoms. The van der Waals surface area contributed by atoms with E-state index < -0.39 is 10.7 Å². The Morgan fingerprint density at radius 3 is 2.67 bits per heavy atom. The van der Waals surface area contributed by atoms with E-state index in [4.69, 9.17) is 0 Å². The van der Waals surface area contributed by atoms with Gasteiger partial charge < -0.3 is 8.39 Å². The summed E-state index contributed by atoms with van der Waals surface area (Å²) < 4.78 is 14.8. The Bertz CT molecular complexity index is 171.